The molecule has 0 aromatic heterocycles. The molecule has 4 nitrogen and oxygen atoms in total. The number of carboxylic acids is 1. The van der Waals surface area contributed by atoms with Crippen molar-refractivity contribution in [3.8, 4) is 0 Å². The van der Waals surface area contributed by atoms with Crippen LogP contribution in [-0.4, -0.2) is 17.0 Å². The average Bonchev–Trinajstić information content (AvgIpc) is 2.42. The molecule has 3 N–H and O–H groups in total. The van der Waals surface area contributed by atoms with E-state index >= 15 is 0 Å². The number of fused-ring (bicyclic) bond motifs is 1. The lowest BCUT2D eigenvalue weighted by Gasteiger charge is -2.12. The van der Waals surface area contributed by atoms with Crippen LogP contribution in [0.3, 0.4) is 0 Å². The zero-order chi connectivity index (χ0) is 14.5. The van der Waals surface area contributed by atoms with Gasteiger partial charge in [-0.25, -0.2) is 0 Å². The lowest BCUT2D eigenvalue weighted by Crippen LogP contribution is -2.26. The Morgan fingerprint density at radius 2 is 1.80 bits per heavy atom. The first-order valence-corrected chi connectivity index (χ1v) is 6.55. The fraction of sp³-hybridized carbons (Fsp3) is 0.250. The summed E-state index contributed by atoms with van der Waals surface area (Å²) in [5.41, 5.74) is 6.37. The molecule has 2 aromatic carbocycles. The second-order valence-electron chi connectivity index (χ2n) is 4.87. The van der Waals surface area contributed by atoms with Crippen LogP contribution in [-0.2, 0) is 16.0 Å². The van der Waals surface area contributed by atoms with Crippen molar-refractivity contribution in [3.63, 3.8) is 0 Å². The van der Waals surface area contributed by atoms with Gasteiger partial charge in [-0.1, -0.05) is 42.5 Å². The van der Waals surface area contributed by atoms with E-state index in [1.165, 1.54) is 0 Å². The maximum Gasteiger partial charge on any atom is 0.304 e. The number of primary amides is 1. The molecule has 0 aliphatic carbocycles. The van der Waals surface area contributed by atoms with Crippen molar-refractivity contribution >= 4 is 22.6 Å². The second kappa shape index (κ2) is 6.19. The Balaban J connectivity index is 2.15. The quantitative estimate of drug-likeness (QED) is 0.846. The van der Waals surface area contributed by atoms with Gasteiger partial charge in [-0.3, -0.25) is 9.59 Å². The molecule has 0 aliphatic rings. The number of aryl methyl sites for hydroxylation is 1. The number of rotatable bonds is 6. The molecule has 0 aliphatic heterocycles. The highest BCUT2D eigenvalue weighted by Crippen LogP contribution is 2.21. The van der Waals surface area contributed by atoms with E-state index in [4.69, 9.17) is 10.8 Å². The summed E-state index contributed by atoms with van der Waals surface area (Å²) < 4.78 is 0. The number of hydrogen-bond acceptors (Lipinski definition) is 2. The van der Waals surface area contributed by atoms with Crippen molar-refractivity contribution in [1.29, 1.82) is 0 Å². The van der Waals surface area contributed by atoms with Gasteiger partial charge in [-0.2, -0.15) is 0 Å². The van der Waals surface area contributed by atoms with Crippen molar-refractivity contribution in [2.75, 3.05) is 0 Å². The third-order valence-electron chi connectivity index (χ3n) is 3.47. The van der Waals surface area contributed by atoms with Gasteiger partial charge in [-0.05, 0) is 29.2 Å². The minimum absolute atomic E-state index is 0.208. The first-order chi connectivity index (χ1) is 9.58. The van der Waals surface area contributed by atoms with Gasteiger partial charge < -0.3 is 10.8 Å². The molecule has 0 fully saturated rings. The van der Waals surface area contributed by atoms with E-state index in [1.54, 1.807) is 0 Å². The third-order valence-corrected chi connectivity index (χ3v) is 3.47. The molecule has 0 bridgehead atoms. The lowest BCUT2D eigenvalue weighted by atomic mass is 9.93. The Morgan fingerprint density at radius 1 is 1.10 bits per heavy atom. The summed E-state index contributed by atoms with van der Waals surface area (Å²) in [5.74, 6) is -2.16. The molecule has 1 amide bonds. The third kappa shape index (κ3) is 3.35. The van der Waals surface area contributed by atoms with Gasteiger partial charge in [0.25, 0.3) is 0 Å². The van der Waals surface area contributed by atoms with Crippen LogP contribution in [0.25, 0.3) is 10.8 Å². The Bertz CT molecular complexity index is 631. The molecule has 0 heterocycles. The Morgan fingerprint density at radius 3 is 2.50 bits per heavy atom. The van der Waals surface area contributed by atoms with Crippen LogP contribution >= 0.6 is 0 Å². The number of aliphatic carboxylic acids is 1. The number of hydrogen-bond donors (Lipinski definition) is 2. The minimum Gasteiger partial charge on any atom is -0.481 e. The number of carbonyl (C=O) groups is 2. The van der Waals surface area contributed by atoms with Gasteiger partial charge in [0.2, 0.25) is 5.91 Å². The molecule has 1 unspecified atom stereocenters. The molecule has 0 spiro atoms. The fourth-order valence-corrected chi connectivity index (χ4v) is 2.40. The van der Waals surface area contributed by atoms with E-state index in [9.17, 15) is 9.59 Å². The number of amides is 1. The average molecular weight is 271 g/mol. The molecule has 104 valence electrons. The monoisotopic (exact) mass is 271 g/mol. The van der Waals surface area contributed by atoms with Crippen LogP contribution in [0.2, 0.25) is 0 Å². The number of benzene rings is 2. The summed E-state index contributed by atoms with van der Waals surface area (Å²) in [4.78, 5) is 22.0. The van der Waals surface area contributed by atoms with E-state index in [-0.39, 0.29) is 6.42 Å². The van der Waals surface area contributed by atoms with Gasteiger partial charge >= 0.3 is 5.97 Å². The highest BCUT2D eigenvalue weighted by molar-refractivity contribution is 5.86. The fourth-order valence-electron chi connectivity index (χ4n) is 2.40. The van der Waals surface area contributed by atoms with Crippen LogP contribution in [0, 0.1) is 5.92 Å². The molecular weight excluding hydrogens is 254 g/mol. The molecule has 1 atom stereocenters. The molecular formula is C16H17NO3. The first kappa shape index (κ1) is 14.1. The Kier molecular flexibility index (Phi) is 4.35. The first-order valence-electron chi connectivity index (χ1n) is 6.55. The summed E-state index contributed by atoms with van der Waals surface area (Å²) in [6, 6.07) is 14.0. The highest BCUT2D eigenvalue weighted by Gasteiger charge is 2.19. The van der Waals surface area contributed by atoms with Crippen molar-refractivity contribution in [1.82, 2.24) is 0 Å². The Hall–Kier alpha value is -2.36. The zero-order valence-electron chi connectivity index (χ0n) is 11.1. The summed E-state index contributed by atoms with van der Waals surface area (Å²) in [7, 11) is 0. The maximum atomic E-state index is 11.3. The van der Waals surface area contributed by atoms with Crippen LogP contribution in [0.4, 0.5) is 0 Å². The smallest absolute Gasteiger partial charge is 0.304 e. The predicted molar refractivity (Wildman–Crippen MR) is 77.2 cm³/mol. The molecule has 0 saturated heterocycles. The van der Waals surface area contributed by atoms with Crippen molar-refractivity contribution in [2.24, 2.45) is 11.7 Å². The van der Waals surface area contributed by atoms with Crippen molar-refractivity contribution < 1.29 is 14.7 Å². The largest absolute Gasteiger partial charge is 0.481 e. The van der Waals surface area contributed by atoms with E-state index in [1.807, 2.05) is 42.5 Å². The lowest BCUT2D eigenvalue weighted by molar-refractivity contribution is -0.140. The summed E-state index contributed by atoms with van der Waals surface area (Å²) in [5, 5.41) is 11.1. The SMILES string of the molecule is NC(=O)C(CCc1cccc2ccccc12)CC(=O)O. The second-order valence-corrected chi connectivity index (χ2v) is 4.87. The topological polar surface area (TPSA) is 80.4 Å². The van der Waals surface area contributed by atoms with Crippen molar-refractivity contribution in [2.45, 2.75) is 19.3 Å². The van der Waals surface area contributed by atoms with E-state index in [0.29, 0.717) is 12.8 Å². The minimum atomic E-state index is -0.994. The highest BCUT2D eigenvalue weighted by atomic mass is 16.4. The predicted octanol–water partition coefficient (Wildman–Crippen LogP) is 2.35. The van der Waals surface area contributed by atoms with Crippen molar-refractivity contribution in [3.05, 3.63) is 48.0 Å². The molecule has 0 saturated carbocycles. The standard InChI is InChI=1S/C16H17NO3/c17-16(20)13(10-15(18)19)9-8-12-6-3-5-11-4-1-2-7-14(11)12/h1-7,13H,8-10H2,(H2,17,20)(H,18,19). The van der Waals surface area contributed by atoms with Crippen LogP contribution in [0.15, 0.2) is 42.5 Å². The van der Waals surface area contributed by atoms with Gasteiger partial charge in [0, 0.05) is 5.92 Å². The van der Waals surface area contributed by atoms with Gasteiger partial charge in [-0.15, -0.1) is 0 Å². The van der Waals surface area contributed by atoms with E-state index in [0.717, 1.165) is 16.3 Å². The van der Waals surface area contributed by atoms with Crippen LogP contribution < -0.4 is 5.73 Å². The van der Waals surface area contributed by atoms with Crippen LogP contribution in [0.1, 0.15) is 18.4 Å². The molecule has 2 aromatic rings. The number of nitrogens with two attached hydrogens (primary N) is 1. The van der Waals surface area contributed by atoms with Gasteiger partial charge in [0.05, 0.1) is 6.42 Å². The molecule has 0 radical (unpaired) electrons. The number of carbonyl (C=O) groups excluding carboxylic acids is 1. The summed E-state index contributed by atoms with van der Waals surface area (Å²) in [6.45, 7) is 0. The molecule has 2 rings (SSSR count). The summed E-state index contributed by atoms with van der Waals surface area (Å²) >= 11 is 0. The van der Waals surface area contributed by atoms with Gasteiger partial charge in [0.15, 0.2) is 0 Å². The van der Waals surface area contributed by atoms with Crippen LogP contribution in [0.5, 0.6) is 0 Å². The maximum absolute atomic E-state index is 11.3. The zero-order valence-corrected chi connectivity index (χ0v) is 11.1. The molecule has 4 heteroatoms. The Labute approximate surface area is 117 Å². The number of carboxylic acid groups (broad SMARTS) is 1. The van der Waals surface area contributed by atoms with E-state index < -0.39 is 17.8 Å². The van der Waals surface area contributed by atoms with Gasteiger partial charge in [0.1, 0.15) is 0 Å². The summed E-state index contributed by atoms with van der Waals surface area (Å²) in [6.07, 6.45) is 0.887. The normalized spacial score (nSPS) is 12.2. The molecule has 20 heavy (non-hydrogen) atoms. The van der Waals surface area contributed by atoms with E-state index in [2.05, 4.69) is 0 Å².